The molecule has 39 heavy (non-hydrogen) atoms. The Bertz CT molecular complexity index is 1340. The van der Waals surface area contributed by atoms with Gasteiger partial charge in [-0.2, -0.15) is 0 Å². The van der Waals surface area contributed by atoms with Gasteiger partial charge in [-0.05, 0) is 37.1 Å². The standard InChI is InChI=1S/C29H28Cl2FN3O4/c30-17-12-18(31)14-20(13-17)34-26(36)23-22-10-11-29(39-22)24(23)28(38)35(15-16-6-4-5-9-21(16)32)25(29)27(37)33-19-7-2-1-3-8-19/h4-6,9-14,19,22-25H,1-3,7-8,15H2,(H,33,37)(H,34,36)/t22-,23-,24-,25-,29-/m0/s1. The van der Waals surface area contributed by atoms with Gasteiger partial charge in [-0.1, -0.05) is 72.8 Å². The molecule has 5 atom stereocenters. The van der Waals surface area contributed by atoms with E-state index in [0.717, 1.165) is 32.1 Å². The van der Waals surface area contributed by atoms with Crippen LogP contribution in [0.15, 0.2) is 54.6 Å². The fourth-order valence-corrected chi connectivity index (χ4v) is 7.15. The summed E-state index contributed by atoms with van der Waals surface area (Å²) >= 11 is 12.2. The van der Waals surface area contributed by atoms with Crippen LogP contribution >= 0.6 is 23.2 Å². The van der Waals surface area contributed by atoms with Gasteiger partial charge < -0.3 is 20.3 Å². The fraction of sp³-hybridized carbons (Fsp3) is 0.414. The van der Waals surface area contributed by atoms with Crippen molar-refractivity contribution in [3.63, 3.8) is 0 Å². The zero-order valence-electron chi connectivity index (χ0n) is 21.0. The topological polar surface area (TPSA) is 87.7 Å². The van der Waals surface area contributed by atoms with Crippen molar-refractivity contribution in [1.29, 1.82) is 0 Å². The smallest absolute Gasteiger partial charge is 0.246 e. The van der Waals surface area contributed by atoms with E-state index in [2.05, 4.69) is 10.6 Å². The number of likely N-dealkylation sites (tertiary alicyclic amines) is 1. The summed E-state index contributed by atoms with van der Waals surface area (Å²) in [6.45, 7) is -0.118. The number of carbonyl (C=O) groups excluding carboxylic acids is 3. The quantitative estimate of drug-likeness (QED) is 0.484. The third-order valence-corrected chi connectivity index (χ3v) is 8.74. The number of nitrogens with zero attached hydrogens (tertiary/aromatic N) is 1. The Morgan fingerprint density at radius 1 is 1.05 bits per heavy atom. The van der Waals surface area contributed by atoms with Gasteiger partial charge in [0, 0.05) is 33.9 Å². The van der Waals surface area contributed by atoms with E-state index >= 15 is 0 Å². The molecular weight excluding hydrogens is 544 g/mol. The van der Waals surface area contributed by atoms with Gasteiger partial charge in [0.05, 0.1) is 17.9 Å². The van der Waals surface area contributed by atoms with E-state index in [0.29, 0.717) is 15.7 Å². The predicted octanol–water partition coefficient (Wildman–Crippen LogP) is 4.87. The number of fused-ring (bicyclic) bond motifs is 1. The van der Waals surface area contributed by atoms with Gasteiger partial charge in [-0.25, -0.2) is 4.39 Å². The van der Waals surface area contributed by atoms with Gasteiger partial charge in [0.2, 0.25) is 17.7 Å². The molecule has 0 radical (unpaired) electrons. The van der Waals surface area contributed by atoms with Gasteiger partial charge in [0.25, 0.3) is 0 Å². The summed E-state index contributed by atoms with van der Waals surface area (Å²) in [6.07, 6.45) is 7.70. The van der Waals surface area contributed by atoms with E-state index in [1.807, 2.05) is 0 Å². The van der Waals surface area contributed by atoms with Crippen LogP contribution in [0.1, 0.15) is 37.7 Å². The zero-order valence-corrected chi connectivity index (χ0v) is 22.6. The number of ether oxygens (including phenoxy) is 1. The average molecular weight is 572 g/mol. The first-order valence-corrected chi connectivity index (χ1v) is 14.0. The SMILES string of the molecule is O=C(Nc1cc(Cl)cc(Cl)c1)[C@H]1[C@@H]2C=C[C@]3(O2)[C@@H]1C(=O)N(Cc1ccccc1F)[C@H]3C(=O)NC1CCCCC1. The van der Waals surface area contributed by atoms with Crippen molar-refractivity contribution in [3.05, 3.63) is 76.0 Å². The highest BCUT2D eigenvalue weighted by atomic mass is 35.5. The molecule has 204 valence electrons. The van der Waals surface area contributed by atoms with Crippen molar-refractivity contribution in [2.75, 3.05) is 5.32 Å². The second-order valence-electron chi connectivity index (χ2n) is 10.7. The maximum atomic E-state index is 14.7. The number of anilines is 1. The fourth-order valence-electron chi connectivity index (χ4n) is 6.63. The Balaban J connectivity index is 1.34. The van der Waals surface area contributed by atoms with E-state index in [9.17, 15) is 18.8 Å². The van der Waals surface area contributed by atoms with Crippen molar-refractivity contribution in [2.24, 2.45) is 11.8 Å². The first-order chi connectivity index (χ1) is 18.8. The molecule has 6 rings (SSSR count). The van der Waals surface area contributed by atoms with Crippen molar-refractivity contribution in [3.8, 4) is 0 Å². The highest BCUT2D eigenvalue weighted by molar-refractivity contribution is 6.35. The lowest BCUT2D eigenvalue weighted by Gasteiger charge is -2.34. The molecule has 3 fully saturated rings. The molecule has 3 heterocycles. The van der Waals surface area contributed by atoms with Crippen LogP contribution in [0.2, 0.25) is 10.0 Å². The molecule has 0 aromatic heterocycles. The number of hydrogen-bond acceptors (Lipinski definition) is 4. The van der Waals surface area contributed by atoms with Crippen molar-refractivity contribution < 1.29 is 23.5 Å². The minimum atomic E-state index is -1.33. The van der Waals surface area contributed by atoms with Crippen LogP contribution in [0.5, 0.6) is 0 Å². The van der Waals surface area contributed by atoms with Gasteiger partial charge in [0.1, 0.15) is 17.5 Å². The van der Waals surface area contributed by atoms with E-state index in [1.165, 1.54) is 11.0 Å². The van der Waals surface area contributed by atoms with Crippen molar-refractivity contribution >= 4 is 46.6 Å². The number of hydrogen-bond donors (Lipinski definition) is 2. The summed E-state index contributed by atoms with van der Waals surface area (Å²) in [5.41, 5.74) is -0.663. The second kappa shape index (κ2) is 10.2. The van der Waals surface area contributed by atoms with Crippen LogP contribution in [0.25, 0.3) is 0 Å². The number of rotatable bonds is 6. The largest absolute Gasteiger partial charge is 0.359 e. The minimum Gasteiger partial charge on any atom is -0.359 e. The molecule has 2 saturated heterocycles. The molecule has 2 N–H and O–H groups in total. The predicted molar refractivity (Wildman–Crippen MR) is 145 cm³/mol. The molecule has 3 amide bonds. The third-order valence-electron chi connectivity index (χ3n) is 8.31. The lowest BCUT2D eigenvalue weighted by molar-refractivity contribution is -0.142. The first-order valence-electron chi connectivity index (χ1n) is 13.3. The monoisotopic (exact) mass is 571 g/mol. The van der Waals surface area contributed by atoms with E-state index in [1.54, 1.807) is 48.6 Å². The van der Waals surface area contributed by atoms with Crippen LogP contribution < -0.4 is 10.6 Å². The summed E-state index contributed by atoms with van der Waals surface area (Å²) in [5, 5.41) is 6.64. The zero-order chi connectivity index (χ0) is 27.3. The molecule has 4 aliphatic rings. The number of carbonyl (C=O) groups is 3. The van der Waals surface area contributed by atoms with Gasteiger partial charge in [-0.3, -0.25) is 14.4 Å². The minimum absolute atomic E-state index is 0.00127. The first kappa shape index (κ1) is 26.3. The molecule has 0 unspecified atom stereocenters. The number of benzene rings is 2. The maximum Gasteiger partial charge on any atom is 0.246 e. The lowest BCUT2D eigenvalue weighted by Crippen LogP contribution is -2.56. The van der Waals surface area contributed by atoms with Gasteiger partial charge in [-0.15, -0.1) is 0 Å². The van der Waals surface area contributed by atoms with Crippen LogP contribution in [0.3, 0.4) is 0 Å². The maximum absolute atomic E-state index is 14.7. The van der Waals surface area contributed by atoms with Gasteiger partial charge in [0.15, 0.2) is 0 Å². The highest BCUT2D eigenvalue weighted by Gasteiger charge is 2.72. The van der Waals surface area contributed by atoms with Crippen molar-refractivity contribution in [2.45, 2.75) is 62.4 Å². The van der Waals surface area contributed by atoms with Crippen LogP contribution in [0.4, 0.5) is 10.1 Å². The van der Waals surface area contributed by atoms with E-state index in [-0.39, 0.29) is 24.1 Å². The Kier molecular flexibility index (Phi) is 6.90. The third kappa shape index (κ3) is 4.62. The Morgan fingerprint density at radius 2 is 1.77 bits per heavy atom. The normalized spacial score (nSPS) is 29.5. The van der Waals surface area contributed by atoms with Crippen LogP contribution in [-0.4, -0.2) is 46.4 Å². The Morgan fingerprint density at radius 3 is 2.49 bits per heavy atom. The summed E-state index contributed by atoms with van der Waals surface area (Å²) in [5.74, 6) is -3.52. The summed E-state index contributed by atoms with van der Waals surface area (Å²) in [4.78, 5) is 42.9. The number of nitrogens with one attached hydrogen (secondary N) is 2. The Labute approximate surface area is 235 Å². The molecule has 2 aromatic carbocycles. The molecule has 1 saturated carbocycles. The number of amides is 3. The molecule has 2 aromatic rings. The molecule has 2 bridgehead atoms. The molecule has 3 aliphatic heterocycles. The molecule has 7 nitrogen and oxygen atoms in total. The molecule has 10 heteroatoms. The average Bonchev–Trinajstić information content (AvgIpc) is 3.53. The van der Waals surface area contributed by atoms with Crippen LogP contribution in [0, 0.1) is 17.7 Å². The van der Waals surface area contributed by atoms with Crippen LogP contribution in [-0.2, 0) is 25.7 Å². The highest BCUT2D eigenvalue weighted by Crippen LogP contribution is 2.55. The molecule has 1 aliphatic carbocycles. The lowest BCUT2D eigenvalue weighted by atomic mass is 9.74. The molecular formula is C29H28Cl2FN3O4. The van der Waals surface area contributed by atoms with Gasteiger partial charge >= 0.3 is 0 Å². The molecule has 1 spiro atoms. The Hall–Kier alpha value is -2.94. The van der Waals surface area contributed by atoms with E-state index in [4.69, 9.17) is 27.9 Å². The second-order valence-corrected chi connectivity index (χ2v) is 11.6. The van der Waals surface area contributed by atoms with E-state index < -0.39 is 47.2 Å². The van der Waals surface area contributed by atoms with Crippen molar-refractivity contribution in [1.82, 2.24) is 10.2 Å². The summed E-state index contributed by atoms with van der Waals surface area (Å²) in [7, 11) is 0. The summed E-state index contributed by atoms with van der Waals surface area (Å²) < 4.78 is 21.0. The summed E-state index contributed by atoms with van der Waals surface area (Å²) in [6, 6.07) is 9.79. The number of halogens is 3.